The molecular weight excluding hydrogens is 338 g/mol. The average Bonchev–Trinajstić information content (AvgIpc) is 2.69. The lowest BCUT2D eigenvalue weighted by Gasteiger charge is -2.33. The number of carbonyl (C=O) groups excluding carboxylic acids is 1. The van der Waals surface area contributed by atoms with Crippen LogP contribution in [0.5, 0.6) is 5.75 Å². The molecule has 5 nitrogen and oxygen atoms in total. The van der Waals surface area contributed by atoms with E-state index in [4.69, 9.17) is 4.74 Å². The lowest BCUT2D eigenvalue weighted by Crippen LogP contribution is -2.49. The van der Waals surface area contributed by atoms with E-state index in [0.717, 1.165) is 43.2 Å². The molecule has 0 N–H and O–H groups in total. The molecule has 1 aliphatic rings. The van der Waals surface area contributed by atoms with E-state index in [-0.39, 0.29) is 5.91 Å². The third-order valence-corrected chi connectivity index (χ3v) is 4.90. The van der Waals surface area contributed by atoms with Crippen LogP contribution >= 0.6 is 0 Å². The van der Waals surface area contributed by atoms with E-state index in [9.17, 15) is 4.79 Å². The standard InChI is InChI=1S/C22H29N3O2/c1-3-27-21-12-8-7-11-20(21)25(17-19-9-5-4-6-10-19)22(26)18-24-15-13-23(2)14-16-24/h4-12H,3,13-18H2,1-2H3. The van der Waals surface area contributed by atoms with Crippen LogP contribution in [-0.4, -0.2) is 62.1 Å². The van der Waals surface area contributed by atoms with Gasteiger partial charge in [-0.25, -0.2) is 0 Å². The number of rotatable bonds is 7. The van der Waals surface area contributed by atoms with Gasteiger partial charge in [0.25, 0.3) is 0 Å². The lowest BCUT2D eigenvalue weighted by molar-refractivity contribution is -0.120. The van der Waals surface area contributed by atoms with Crippen molar-refractivity contribution in [2.24, 2.45) is 0 Å². The maximum Gasteiger partial charge on any atom is 0.241 e. The second kappa shape index (κ2) is 9.53. The highest BCUT2D eigenvalue weighted by Crippen LogP contribution is 2.29. The molecule has 144 valence electrons. The minimum absolute atomic E-state index is 0.107. The van der Waals surface area contributed by atoms with Gasteiger partial charge in [-0.2, -0.15) is 0 Å². The van der Waals surface area contributed by atoms with Gasteiger partial charge in [0.05, 0.1) is 25.4 Å². The van der Waals surface area contributed by atoms with Crippen molar-refractivity contribution in [1.29, 1.82) is 0 Å². The summed E-state index contributed by atoms with van der Waals surface area (Å²) in [6.07, 6.45) is 0. The van der Waals surface area contributed by atoms with Crippen LogP contribution in [0.4, 0.5) is 5.69 Å². The largest absolute Gasteiger partial charge is 0.492 e. The van der Waals surface area contributed by atoms with Gasteiger partial charge in [0.15, 0.2) is 0 Å². The molecule has 0 atom stereocenters. The van der Waals surface area contributed by atoms with Crippen LogP contribution in [0.2, 0.25) is 0 Å². The number of likely N-dealkylation sites (N-methyl/N-ethyl adjacent to an activating group) is 1. The van der Waals surface area contributed by atoms with E-state index in [2.05, 4.69) is 29.0 Å². The first-order chi connectivity index (χ1) is 13.2. The number of carbonyl (C=O) groups is 1. The fraction of sp³-hybridized carbons (Fsp3) is 0.409. The third kappa shape index (κ3) is 5.31. The zero-order valence-corrected chi connectivity index (χ0v) is 16.3. The normalized spacial score (nSPS) is 15.5. The fourth-order valence-electron chi connectivity index (χ4n) is 3.31. The van der Waals surface area contributed by atoms with Crippen molar-refractivity contribution >= 4 is 11.6 Å². The number of anilines is 1. The zero-order chi connectivity index (χ0) is 19.1. The molecule has 27 heavy (non-hydrogen) atoms. The van der Waals surface area contributed by atoms with Gasteiger partial charge in [-0.05, 0) is 31.7 Å². The first-order valence-corrected chi connectivity index (χ1v) is 9.64. The average molecular weight is 367 g/mol. The molecule has 3 rings (SSSR count). The van der Waals surface area contributed by atoms with Gasteiger partial charge in [-0.3, -0.25) is 9.69 Å². The maximum atomic E-state index is 13.3. The number of para-hydroxylation sites is 2. The quantitative estimate of drug-likeness (QED) is 0.754. The molecule has 0 unspecified atom stereocenters. The number of hydrogen-bond donors (Lipinski definition) is 0. The molecule has 0 radical (unpaired) electrons. The monoisotopic (exact) mass is 367 g/mol. The van der Waals surface area contributed by atoms with Gasteiger partial charge in [0.2, 0.25) is 5.91 Å². The van der Waals surface area contributed by atoms with Crippen LogP contribution in [0, 0.1) is 0 Å². The third-order valence-electron chi connectivity index (χ3n) is 4.90. The van der Waals surface area contributed by atoms with Crippen molar-refractivity contribution in [3.05, 3.63) is 60.2 Å². The highest BCUT2D eigenvalue weighted by Gasteiger charge is 2.23. The predicted octanol–water partition coefficient (Wildman–Crippen LogP) is 2.87. The van der Waals surface area contributed by atoms with Gasteiger partial charge < -0.3 is 14.5 Å². The van der Waals surface area contributed by atoms with E-state index in [1.807, 2.05) is 54.3 Å². The Bertz CT molecular complexity index is 727. The molecule has 1 heterocycles. The van der Waals surface area contributed by atoms with Gasteiger partial charge >= 0.3 is 0 Å². The number of piperazine rings is 1. The highest BCUT2D eigenvalue weighted by molar-refractivity contribution is 5.96. The van der Waals surface area contributed by atoms with Crippen LogP contribution in [-0.2, 0) is 11.3 Å². The zero-order valence-electron chi connectivity index (χ0n) is 16.3. The Labute approximate surface area is 162 Å². The van der Waals surface area contributed by atoms with Crippen LogP contribution in [0.15, 0.2) is 54.6 Å². The molecule has 0 aliphatic carbocycles. The van der Waals surface area contributed by atoms with Crippen LogP contribution < -0.4 is 9.64 Å². The molecule has 2 aromatic carbocycles. The first kappa shape index (κ1) is 19.4. The second-order valence-corrected chi connectivity index (χ2v) is 6.95. The predicted molar refractivity (Wildman–Crippen MR) is 109 cm³/mol. The fourth-order valence-corrected chi connectivity index (χ4v) is 3.31. The Morgan fingerprint density at radius 3 is 2.37 bits per heavy atom. The summed E-state index contributed by atoms with van der Waals surface area (Å²) in [5.41, 5.74) is 1.94. The molecule has 0 aromatic heterocycles. The van der Waals surface area contributed by atoms with Crippen molar-refractivity contribution in [3.63, 3.8) is 0 Å². The molecule has 1 amide bonds. The van der Waals surface area contributed by atoms with E-state index >= 15 is 0 Å². The molecule has 1 saturated heterocycles. The molecule has 0 bridgehead atoms. The molecule has 2 aromatic rings. The Morgan fingerprint density at radius 2 is 1.67 bits per heavy atom. The van der Waals surface area contributed by atoms with E-state index in [1.165, 1.54) is 0 Å². The van der Waals surface area contributed by atoms with E-state index in [0.29, 0.717) is 19.7 Å². The van der Waals surface area contributed by atoms with Gasteiger partial charge in [0.1, 0.15) is 5.75 Å². The van der Waals surface area contributed by atoms with E-state index < -0.39 is 0 Å². The van der Waals surface area contributed by atoms with Crippen molar-refractivity contribution < 1.29 is 9.53 Å². The summed E-state index contributed by atoms with van der Waals surface area (Å²) in [6.45, 7) is 7.36. The Morgan fingerprint density at radius 1 is 1.00 bits per heavy atom. The molecule has 0 spiro atoms. The summed E-state index contributed by atoms with van der Waals surface area (Å²) in [7, 11) is 2.12. The lowest BCUT2D eigenvalue weighted by atomic mass is 10.1. The Hall–Kier alpha value is -2.37. The summed E-state index contributed by atoms with van der Waals surface area (Å²) in [6, 6.07) is 17.9. The van der Waals surface area contributed by atoms with Gasteiger partial charge in [-0.1, -0.05) is 42.5 Å². The first-order valence-electron chi connectivity index (χ1n) is 9.64. The number of nitrogens with zero attached hydrogens (tertiary/aromatic N) is 3. The molecule has 0 saturated carbocycles. The van der Waals surface area contributed by atoms with Crippen molar-refractivity contribution in [3.8, 4) is 5.75 Å². The summed E-state index contributed by atoms with van der Waals surface area (Å²) in [5.74, 6) is 0.859. The molecule has 5 heteroatoms. The molecule has 1 aliphatic heterocycles. The maximum absolute atomic E-state index is 13.3. The van der Waals surface area contributed by atoms with Crippen molar-refractivity contribution in [2.45, 2.75) is 13.5 Å². The summed E-state index contributed by atoms with van der Waals surface area (Å²) < 4.78 is 5.80. The number of ether oxygens (including phenoxy) is 1. The highest BCUT2D eigenvalue weighted by atomic mass is 16.5. The van der Waals surface area contributed by atoms with Crippen LogP contribution in [0.1, 0.15) is 12.5 Å². The minimum Gasteiger partial charge on any atom is -0.492 e. The SMILES string of the molecule is CCOc1ccccc1N(Cc1ccccc1)C(=O)CN1CCN(C)CC1. The summed E-state index contributed by atoms with van der Waals surface area (Å²) in [4.78, 5) is 19.7. The van der Waals surface area contributed by atoms with Crippen molar-refractivity contribution in [1.82, 2.24) is 9.80 Å². The number of amides is 1. The number of benzene rings is 2. The minimum atomic E-state index is 0.107. The molecule has 1 fully saturated rings. The second-order valence-electron chi connectivity index (χ2n) is 6.95. The summed E-state index contributed by atoms with van der Waals surface area (Å²) in [5, 5.41) is 0. The van der Waals surface area contributed by atoms with Crippen LogP contribution in [0.25, 0.3) is 0 Å². The van der Waals surface area contributed by atoms with Crippen molar-refractivity contribution in [2.75, 3.05) is 51.3 Å². The topological polar surface area (TPSA) is 36.0 Å². The van der Waals surface area contributed by atoms with Gasteiger partial charge in [0, 0.05) is 26.2 Å². The van der Waals surface area contributed by atoms with E-state index in [1.54, 1.807) is 0 Å². The Kier molecular flexibility index (Phi) is 6.85. The molecular formula is C22H29N3O2. The number of hydrogen-bond acceptors (Lipinski definition) is 4. The smallest absolute Gasteiger partial charge is 0.241 e. The Balaban J connectivity index is 1.82. The summed E-state index contributed by atoms with van der Waals surface area (Å²) >= 11 is 0. The van der Waals surface area contributed by atoms with Gasteiger partial charge in [-0.15, -0.1) is 0 Å². The van der Waals surface area contributed by atoms with Crippen LogP contribution in [0.3, 0.4) is 0 Å².